The average Bonchev–Trinajstić information content (AvgIpc) is 1.82. The molecule has 0 spiro atoms. The molecule has 12 heavy (non-hydrogen) atoms. The number of carbonyl (C=O) groups excluding carboxylic acids is 2. The van der Waals surface area contributed by atoms with E-state index in [1.165, 1.54) is 0 Å². The summed E-state index contributed by atoms with van der Waals surface area (Å²) in [4.78, 5) is 21.3. The van der Waals surface area contributed by atoms with Crippen molar-refractivity contribution in [3.05, 3.63) is 0 Å². The van der Waals surface area contributed by atoms with Crippen LogP contribution in [0.15, 0.2) is 0 Å². The Morgan fingerprint density at radius 2 is 1.67 bits per heavy atom. The first kappa shape index (κ1) is 9.10. The number of rotatable bonds is 1. The average molecular weight is 193 g/mol. The molecule has 0 aromatic heterocycles. The van der Waals surface area contributed by atoms with Crippen LogP contribution < -0.4 is 10.5 Å². The van der Waals surface area contributed by atoms with Gasteiger partial charge in [0.25, 0.3) is 10.2 Å². The Balaban J connectivity index is 2.82. The SMILES string of the molecule is NS(=O)(=O)N1CC(=O)NC(=O)C1. The standard InChI is InChI=1S/C4H7N3O4S/c5-12(10,11)7-1-3(8)6-4(9)2-7/h1-2H2,(H2,5,10,11)(H,6,8,9). The van der Waals surface area contributed by atoms with Crippen LogP contribution in [0.1, 0.15) is 0 Å². The number of nitrogens with one attached hydrogen (secondary N) is 1. The van der Waals surface area contributed by atoms with E-state index < -0.39 is 35.1 Å². The van der Waals surface area contributed by atoms with Crippen LogP contribution in [0.5, 0.6) is 0 Å². The molecule has 3 N–H and O–H groups in total. The fraction of sp³-hybridized carbons (Fsp3) is 0.500. The predicted octanol–water partition coefficient (Wildman–Crippen LogP) is -2.85. The summed E-state index contributed by atoms with van der Waals surface area (Å²) in [5.74, 6) is -1.33. The molecule has 0 bridgehead atoms. The Hall–Kier alpha value is -0.990. The van der Waals surface area contributed by atoms with Crippen LogP contribution >= 0.6 is 0 Å². The van der Waals surface area contributed by atoms with Crippen molar-refractivity contribution in [2.45, 2.75) is 0 Å². The summed E-state index contributed by atoms with van der Waals surface area (Å²) >= 11 is 0. The van der Waals surface area contributed by atoms with Gasteiger partial charge in [-0.25, -0.2) is 5.14 Å². The first-order chi connectivity index (χ1) is 5.39. The molecule has 0 aromatic rings. The van der Waals surface area contributed by atoms with Gasteiger partial charge in [0.1, 0.15) is 0 Å². The Morgan fingerprint density at radius 3 is 2.00 bits per heavy atom. The van der Waals surface area contributed by atoms with Crippen molar-refractivity contribution in [1.29, 1.82) is 0 Å². The number of nitrogens with two attached hydrogens (primary N) is 1. The van der Waals surface area contributed by atoms with E-state index in [0.717, 1.165) is 0 Å². The molecule has 0 aromatic carbocycles. The van der Waals surface area contributed by atoms with Crippen molar-refractivity contribution in [1.82, 2.24) is 9.62 Å². The lowest BCUT2D eigenvalue weighted by molar-refractivity contribution is -0.134. The van der Waals surface area contributed by atoms with Crippen molar-refractivity contribution >= 4 is 22.0 Å². The largest absolute Gasteiger partial charge is 0.294 e. The number of hydrogen-bond acceptors (Lipinski definition) is 4. The van der Waals surface area contributed by atoms with E-state index in [2.05, 4.69) is 0 Å². The van der Waals surface area contributed by atoms with Crippen LogP contribution in [0.25, 0.3) is 0 Å². The van der Waals surface area contributed by atoms with Crippen LogP contribution in [0.3, 0.4) is 0 Å². The molecule has 1 saturated heterocycles. The lowest BCUT2D eigenvalue weighted by Crippen LogP contribution is -2.54. The smallest absolute Gasteiger partial charge is 0.277 e. The van der Waals surface area contributed by atoms with E-state index in [1.54, 1.807) is 0 Å². The molecule has 0 aliphatic carbocycles. The summed E-state index contributed by atoms with van der Waals surface area (Å²) in [6.07, 6.45) is 0. The van der Waals surface area contributed by atoms with E-state index >= 15 is 0 Å². The Morgan fingerprint density at radius 1 is 1.25 bits per heavy atom. The number of hydrogen-bond donors (Lipinski definition) is 2. The topological polar surface area (TPSA) is 110 Å². The normalized spacial score (nSPS) is 20.8. The highest BCUT2D eigenvalue weighted by Crippen LogP contribution is 1.97. The molecule has 2 amide bonds. The van der Waals surface area contributed by atoms with Crippen molar-refractivity contribution in [2.24, 2.45) is 5.14 Å². The van der Waals surface area contributed by atoms with Crippen molar-refractivity contribution in [2.75, 3.05) is 13.1 Å². The van der Waals surface area contributed by atoms with Crippen LogP contribution in [-0.4, -0.2) is 37.6 Å². The maximum atomic E-state index is 10.6. The number of nitrogens with zero attached hydrogens (tertiary/aromatic N) is 1. The molecule has 0 atom stereocenters. The zero-order chi connectivity index (χ0) is 9.35. The lowest BCUT2D eigenvalue weighted by atomic mass is 10.4. The maximum absolute atomic E-state index is 10.6. The molecule has 68 valence electrons. The van der Waals surface area contributed by atoms with Crippen LogP contribution in [0, 0.1) is 0 Å². The quantitative estimate of drug-likeness (QED) is 0.437. The third-order valence-corrected chi connectivity index (χ3v) is 2.26. The summed E-state index contributed by atoms with van der Waals surface area (Å²) in [6.45, 7) is -0.796. The van der Waals surface area contributed by atoms with Crippen molar-refractivity contribution < 1.29 is 18.0 Å². The van der Waals surface area contributed by atoms with E-state index in [4.69, 9.17) is 5.14 Å². The molecule has 0 radical (unpaired) electrons. The lowest BCUT2D eigenvalue weighted by Gasteiger charge is -2.22. The number of piperazine rings is 1. The third-order valence-electron chi connectivity index (χ3n) is 1.28. The zero-order valence-electron chi connectivity index (χ0n) is 5.98. The first-order valence-corrected chi connectivity index (χ1v) is 4.50. The first-order valence-electron chi connectivity index (χ1n) is 3.00. The fourth-order valence-electron chi connectivity index (χ4n) is 0.791. The van der Waals surface area contributed by atoms with E-state index in [0.29, 0.717) is 4.31 Å². The molecule has 7 nitrogen and oxygen atoms in total. The molecule has 0 unspecified atom stereocenters. The van der Waals surface area contributed by atoms with Gasteiger partial charge in [-0.05, 0) is 0 Å². The number of carbonyl (C=O) groups is 2. The van der Waals surface area contributed by atoms with E-state index in [-0.39, 0.29) is 0 Å². The van der Waals surface area contributed by atoms with Gasteiger partial charge < -0.3 is 0 Å². The van der Waals surface area contributed by atoms with E-state index in [1.807, 2.05) is 5.32 Å². The minimum absolute atomic E-state index is 0.398. The number of amides is 2. The van der Waals surface area contributed by atoms with Crippen LogP contribution in [0.2, 0.25) is 0 Å². The summed E-state index contributed by atoms with van der Waals surface area (Å²) in [6, 6.07) is 0. The van der Waals surface area contributed by atoms with Gasteiger partial charge in [0, 0.05) is 0 Å². The minimum atomic E-state index is -3.94. The van der Waals surface area contributed by atoms with Gasteiger partial charge in [0.2, 0.25) is 11.8 Å². The predicted molar refractivity (Wildman–Crippen MR) is 37.8 cm³/mol. The van der Waals surface area contributed by atoms with Gasteiger partial charge in [-0.15, -0.1) is 0 Å². The molecular formula is C4H7N3O4S. The van der Waals surface area contributed by atoms with Gasteiger partial charge in [0.15, 0.2) is 0 Å². The Bertz CT molecular complexity index is 305. The molecule has 0 saturated carbocycles. The fourth-order valence-corrected chi connectivity index (χ4v) is 1.39. The molecule has 1 fully saturated rings. The summed E-state index contributed by atoms with van der Waals surface area (Å²) in [5, 5.41) is 6.64. The monoisotopic (exact) mass is 193 g/mol. The van der Waals surface area contributed by atoms with Crippen LogP contribution in [-0.2, 0) is 19.8 Å². The highest BCUT2D eigenvalue weighted by molar-refractivity contribution is 7.86. The van der Waals surface area contributed by atoms with Crippen LogP contribution in [0.4, 0.5) is 0 Å². The Kier molecular flexibility index (Phi) is 2.13. The summed E-state index contributed by atoms with van der Waals surface area (Å²) < 4.78 is 21.9. The summed E-state index contributed by atoms with van der Waals surface area (Å²) in [7, 11) is -3.94. The molecular weight excluding hydrogens is 186 g/mol. The second kappa shape index (κ2) is 2.81. The van der Waals surface area contributed by atoms with Crippen molar-refractivity contribution in [3.63, 3.8) is 0 Å². The van der Waals surface area contributed by atoms with Gasteiger partial charge in [-0.2, -0.15) is 12.7 Å². The van der Waals surface area contributed by atoms with Crippen molar-refractivity contribution in [3.8, 4) is 0 Å². The second-order valence-electron chi connectivity index (χ2n) is 2.28. The second-order valence-corrected chi connectivity index (χ2v) is 3.83. The van der Waals surface area contributed by atoms with Gasteiger partial charge in [0.05, 0.1) is 13.1 Å². The molecule has 1 aliphatic rings. The third kappa shape index (κ3) is 2.00. The highest BCUT2D eigenvalue weighted by Gasteiger charge is 2.28. The zero-order valence-corrected chi connectivity index (χ0v) is 6.80. The van der Waals surface area contributed by atoms with Gasteiger partial charge in [-0.1, -0.05) is 0 Å². The van der Waals surface area contributed by atoms with E-state index in [9.17, 15) is 18.0 Å². The summed E-state index contributed by atoms with van der Waals surface area (Å²) in [5.41, 5.74) is 0. The molecule has 1 aliphatic heterocycles. The van der Waals surface area contributed by atoms with Gasteiger partial charge >= 0.3 is 0 Å². The maximum Gasteiger partial charge on any atom is 0.277 e. The molecule has 1 heterocycles. The minimum Gasteiger partial charge on any atom is -0.294 e. The highest BCUT2D eigenvalue weighted by atomic mass is 32.2. The number of imide groups is 1. The Labute approximate surface area is 68.7 Å². The van der Waals surface area contributed by atoms with Gasteiger partial charge in [-0.3, -0.25) is 14.9 Å². The molecule has 1 rings (SSSR count). The molecule has 8 heteroatoms.